The lowest BCUT2D eigenvalue weighted by Gasteiger charge is -2.34. The van der Waals surface area contributed by atoms with Gasteiger partial charge >= 0.3 is 0 Å². The first kappa shape index (κ1) is 12.5. The van der Waals surface area contributed by atoms with Crippen molar-refractivity contribution in [3.63, 3.8) is 0 Å². The summed E-state index contributed by atoms with van der Waals surface area (Å²) < 4.78 is 0. The van der Waals surface area contributed by atoms with Gasteiger partial charge in [0, 0.05) is 0 Å². The fourth-order valence-corrected chi connectivity index (χ4v) is 2.89. The van der Waals surface area contributed by atoms with Crippen molar-refractivity contribution in [1.82, 2.24) is 4.90 Å². The molecule has 2 atom stereocenters. The van der Waals surface area contributed by atoms with E-state index in [1.807, 2.05) is 0 Å². The van der Waals surface area contributed by atoms with Crippen LogP contribution in [0.25, 0.3) is 0 Å². The predicted molar refractivity (Wildman–Crippen MR) is 59.9 cm³/mol. The van der Waals surface area contributed by atoms with Crippen LogP contribution < -0.4 is 0 Å². The molecule has 1 saturated carbocycles. The maximum atomic E-state index is 12.2. The number of likely N-dealkylation sites (tertiary alicyclic amines) is 1. The Labute approximate surface area is 100 Å². The van der Waals surface area contributed by atoms with E-state index in [0.29, 0.717) is 0 Å². The highest BCUT2D eigenvalue weighted by atomic mass is 16.3. The highest BCUT2D eigenvalue weighted by Crippen LogP contribution is 2.40. The molecule has 0 aromatic heterocycles. The summed E-state index contributed by atoms with van der Waals surface area (Å²) in [4.78, 5) is 25.5. The minimum atomic E-state index is -1.16. The number of hydrogen-bond donors (Lipinski definition) is 2. The van der Waals surface area contributed by atoms with Gasteiger partial charge < -0.3 is 10.2 Å². The van der Waals surface area contributed by atoms with Gasteiger partial charge in [0.2, 0.25) is 11.8 Å². The molecule has 1 aliphatic carbocycles. The molecule has 17 heavy (non-hydrogen) atoms. The number of aliphatic hydroxyl groups is 2. The lowest BCUT2D eigenvalue weighted by molar-refractivity contribution is -0.150. The van der Waals surface area contributed by atoms with E-state index in [0.717, 1.165) is 30.6 Å². The van der Waals surface area contributed by atoms with Crippen LogP contribution in [0.15, 0.2) is 0 Å². The minimum Gasteiger partial charge on any atom is -0.394 e. The van der Waals surface area contributed by atoms with Crippen LogP contribution in [0.1, 0.15) is 32.6 Å². The van der Waals surface area contributed by atoms with E-state index in [1.165, 1.54) is 0 Å². The number of carbonyl (C=O) groups excluding carboxylic acids is 2. The zero-order valence-electron chi connectivity index (χ0n) is 10.1. The van der Waals surface area contributed by atoms with Crippen LogP contribution in [0.4, 0.5) is 0 Å². The maximum absolute atomic E-state index is 12.2. The zero-order valence-corrected chi connectivity index (χ0v) is 10.1. The van der Waals surface area contributed by atoms with Crippen LogP contribution >= 0.6 is 0 Å². The Kier molecular flexibility index (Phi) is 3.23. The summed E-state index contributed by atoms with van der Waals surface area (Å²) in [5, 5.41) is 18.6. The molecule has 0 aromatic rings. The molecule has 96 valence electrons. The number of fused-ring (bicyclic) bond motifs is 1. The van der Waals surface area contributed by atoms with Crippen molar-refractivity contribution in [3.8, 4) is 0 Å². The molecule has 1 aliphatic heterocycles. The summed E-state index contributed by atoms with van der Waals surface area (Å²) >= 11 is 0. The van der Waals surface area contributed by atoms with Gasteiger partial charge in [-0.3, -0.25) is 14.5 Å². The SMILES string of the molecule is CC(CO)(CO)N1C(=O)C2CCCCC2C1=O. The van der Waals surface area contributed by atoms with Crippen LogP contribution in [-0.4, -0.2) is 45.7 Å². The fraction of sp³-hybridized carbons (Fsp3) is 0.833. The van der Waals surface area contributed by atoms with Crippen molar-refractivity contribution < 1.29 is 19.8 Å². The molecule has 2 unspecified atom stereocenters. The van der Waals surface area contributed by atoms with Crippen LogP contribution in [0.5, 0.6) is 0 Å². The number of carbonyl (C=O) groups is 2. The van der Waals surface area contributed by atoms with Crippen molar-refractivity contribution in [2.24, 2.45) is 11.8 Å². The number of imide groups is 1. The first-order valence-corrected chi connectivity index (χ1v) is 6.15. The van der Waals surface area contributed by atoms with Crippen molar-refractivity contribution >= 4 is 11.8 Å². The second-order valence-corrected chi connectivity index (χ2v) is 5.32. The second kappa shape index (κ2) is 4.38. The summed E-state index contributed by atoms with van der Waals surface area (Å²) in [7, 11) is 0. The van der Waals surface area contributed by atoms with Crippen LogP contribution in [0.2, 0.25) is 0 Å². The van der Waals surface area contributed by atoms with E-state index in [1.54, 1.807) is 6.92 Å². The van der Waals surface area contributed by atoms with Gasteiger partial charge in [-0.1, -0.05) is 12.8 Å². The topological polar surface area (TPSA) is 77.8 Å². The summed E-state index contributed by atoms with van der Waals surface area (Å²) in [6.07, 6.45) is 3.45. The van der Waals surface area contributed by atoms with Crippen molar-refractivity contribution in [2.75, 3.05) is 13.2 Å². The standard InChI is InChI=1S/C12H19NO4/c1-12(6-14,7-15)13-10(16)8-4-2-3-5-9(8)11(13)17/h8-9,14-15H,2-7H2,1H3. The molecule has 2 fully saturated rings. The van der Waals surface area contributed by atoms with Gasteiger partial charge in [0.15, 0.2) is 0 Å². The highest BCUT2D eigenvalue weighted by Gasteiger charge is 2.53. The molecule has 2 aliphatic rings. The lowest BCUT2D eigenvalue weighted by Crippen LogP contribution is -2.55. The maximum Gasteiger partial charge on any atom is 0.233 e. The molecule has 0 bridgehead atoms. The monoisotopic (exact) mass is 241 g/mol. The molecule has 2 rings (SSSR count). The van der Waals surface area contributed by atoms with E-state index >= 15 is 0 Å². The third-order valence-electron chi connectivity index (χ3n) is 4.06. The van der Waals surface area contributed by atoms with Gasteiger partial charge in [-0.2, -0.15) is 0 Å². The molecule has 1 saturated heterocycles. The van der Waals surface area contributed by atoms with Crippen LogP contribution in [0, 0.1) is 11.8 Å². The third kappa shape index (κ3) is 1.77. The normalized spacial score (nSPS) is 29.7. The predicted octanol–water partition coefficient (Wildman–Crippen LogP) is -0.0951. The molecular formula is C12H19NO4. The third-order valence-corrected chi connectivity index (χ3v) is 4.06. The molecule has 2 amide bonds. The van der Waals surface area contributed by atoms with E-state index < -0.39 is 18.8 Å². The highest BCUT2D eigenvalue weighted by molar-refractivity contribution is 6.06. The minimum absolute atomic E-state index is 0.217. The molecule has 0 radical (unpaired) electrons. The fourth-order valence-electron chi connectivity index (χ4n) is 2.89. The Morgan fingerprint density at radius 2 is 1.53 bits per heavy atom. The number of rotatable bonds is 3. The van der Waals surface area contributed by atoms with Crippen LogP contribution in [-0.2, 0) is 9.59 Å². The summed E-state index contributed by atoms with van der Waals surface area (Å²) in [5.74, 6) is -0.891. The van der Waals surface area contributed by atoms with E-state index in [4.69, 9.17) is 0 Å². The summed E-state index contributed by atoms with van der Waals surface area (Å²) in [6, 6.07) is 0. The number of nitrogens with zero attached hydrogens (tertiary/aromatic N) is 1. The molecule has 2 N–H and O–H groups in total. The van der Waals surface area contributed by atoms with E-state index in [-0.39, 0.29) is 23.7 Å². The number of amides is 2. The Morgan fingerprint density at radius 3 is 1.88 bits per heavy atom. The Balaban J connectivity index is 2.30. The van der Waals surface area contributed by atoms with Gasteiger partial charge in [-0.05, 0) is 19.8 Å². The Hall–Kier alpha value is -0.940. The molecule has 5 nitrogen and oxygen atoms in total. The Bertz CT molecular complexity index is 313. The van der Waals surface area contributed by atoms with Gasteiger partial charge in [0.25, 0.3) is 0 Å². The molecule has 1 heterocycles. The van der Waals surface area contributed by atoms with Crippen LogP contribution in [0.3, 0.4) is 0 Å². The van der Waals surface area contributed by atoms with Crippen molar-refractivity contribution in [1.29, 1.82) is 0 Å². The van der Waals surface area contributed by atoms with Crippen molar-refractivity contribution in [3.05, 3.63) is 0 Å². The first-order valence-electron chi connectivity index (χ1n) is 6.15. The molecule has 0 aromatic carbocycles. The van der Waals surface area contributed by atoms with E-state index in [9.17, 15) is 19.8 Å². The molecular weight excluding hydrogens is 222 g/mol. The van der Waals surface area contributed by atoms with Gasteiger partial charge in [-0.25, -0.2) is 0 Å². The summed E-state index contributed by atoms with van der Waals surface area (Å²) in [6.45, 7) is 0.737. The van der Waals surface area contributed by atoms with Gasteiger partial charge in [0.05, 0.1) is 30.6 Å². The summed E-state index contributed by atoms with van der Waals surface area (Å²) in [5.41, 5.74) is -1.16. The average Bonchev–Trinajstić information content (AvgIpc) is 2.62. The van der Waals surface area contributed by atoms with Crippen molar-refractivity contribution in [2.45, 2.75) is 38.1 Å². The quantitative estimate of drug-likeness (QED) is 0.677. The number of hydrogen-bond acceptors (Lipinski definition) is 4. The smallest absolute Gasteiger partial charge is 0.233 e. The number of aliphatic hydroxyl groups excluding tert-OH is 2. The largest absolute Gasteiger partial charge is 0.394 e. The zero-order chi connectivity index (χ0) is 12.6. The first-order chi connectivity index (χ1) is 8.05. The lowest BCUT2D eigenvalue weighted by atomic mass is 9.81. The Morgan fingerprint density at radius 1 is 1.12 bits per heavy atom. The average molecular weight is 241 g/mol. The van der Waals surface area contributed by atoms with E-state index in [2.05, 4.69) is 0 Å². The second-order valence-electron chi connectivity index (χ2n) is 5.32. The van der Waals surface area contributed by atoms with Gasteiger partial charge in [-0.15, -0.1) is 0 Å². The van der Waals surface area contributed by atoms with Gasteiger partial charge in [0.1, 0.15) is 0 Å². The molecule has 5 heteroatoms. The molecule has 0 spiro atoms.